The Kier molecular flexibility index (Phi) is 5.74. The molecule has 0 saturated carbocycles. The van der Waals surface area contributed by atoms with Gasteiger partial charge in [-0.25, -0.2) is 19.9 Å². The maximum absolute atomic E-state index is 12.6. The van der Waals surface area contributed by atoms with Crippen LogP contribution in [0.4, 0.5) is 23.3 Å². The maximum atomic E-state index is 12.6. The van der Waals surface area contributed by atoms with Gasteiger partial charge in [0.25, 0.3) is 5.91 Å². The molecule has 170 valence electrons. The van der Waals surface area contributed by atoms with Crippen molar-refractivity contribution in [2.45, 2.75) is 19.1 Å². The highest BCUT2D eigenvalue weighted by molar-refractivity contribution is 6.04. The largest absolute Gasteiger partial charge is 0.389 e. The maximum Gasteiger partial charge on any atom is 0.257 e. The molecule has 5 rings (SSSR count). The van der Waals surface area contributed by atoms with E-state index in [1.54, 1.807) is 24.5 Å². The number of aliphatic hydroxyl groups excluding tert-OH is 1. The normalized spacial score (nSPS) is 18.7. The molecule has 3 aromatic heterocycles. The summed E-state index contributed by atoms with van der Waals surface area (Å²) in [4.78, 5) is 36.7. The first-order valence-corrected chi connectivity index (χ1v) is 11.0. The minimum atomic E-state index is -0.300. The number of anilines is 4. The highest BCUT2D eigenvalue weighted by Crippen LogP contribution is 2.21. The molecule has 3 aromatic rings. The predicted molar refractivity (Wildman–Crippen MR) is 126 cm³/mol. The van der Waals surface area contributed by atoms with Crippen molar-refractivity contribution in [3.8, 4) is 0 Å². The summed E-state index contributed by atoms with van der Waals surface area (Å²) in [7, 11) is 0. The molecule has 0 spiro atoms. The van der Waals surface area contributed by atoms with Crippen molar-refractivity contribution < 1.29 is 9.90 Å². The van der Waals surface area contributed by atoms with Crippen LogP contribution in [0.25, 0.3) is 0 Å². The summed E-state index contributed by atoms with van der Waals surface area (Å²) in [5, 5.41) is 12.2. The first kappa shape index (κ1) is 21.1. The van der Waals surface area contributed by atoms with Crippen molar-refractivity contribution in [3.63, 3.8) is 0 Å². The minimum absolute atomic E-state index is 0.221. The average molecular weight is 447 g/mol. The van der Waals surface area contributed by atoms with Gasteiger partial charge in [0, 0.05) is 51.2 Å². The summed E-state index contributed by atoms with van der Waals surface area (Å²) in [5.74, 6) is 2.10. The first-order valence-electron chi connectivity index (χ1n) is 11.0. The van der Waals surface area contributed by atoms with Crippen LogP contribution >= 0.6 is 0 Å². The van der Waals surface area contributed by atoms with Crippen LogP contribution in [0.15, 0.2) is 55.1 Å². The standard InChI is InChI=1S/C23H26N8O2/c1-16-13-29(20-4-2-3-7-24-20)8-9-31(16)23-26-11-18(12-27-23)28-22(33)17-5-6-21(25-10-17)30-14-19(32)15-30/h2-7,10-12,16,19,32H,8-9,13-15H2,1H3,(H,28,33)/t16-/m0/s1. The Morgan fingerprint density at radius 3 is 2.36 bits per heavy atom. The van der Waals surface area contributed by atoms with E-state index in [-0.39, 0.29) is 18.1 Å². The second-order valence-electron chi connectivity index (χ2n) is 8.37. The topological polar surface area (TPSA) is 111 Å². The van der Waals surface area contributed by atoms with E-state index < -0.39 is 0 Å². The molecular weight excluding hydrogens is 420 g/mol. The lowest BCUT2D eigenvalue weighted by molar-refractivity contribution is 0.102. The Bertz CT molecular complexity index is 1090. The summed E-state index contributed by atoms with van der Waals surface area (Å²) >= 11 is 0. The number of carbonyl (C=O) groups is 1. The summed E-state index contributed by atoms with van der Waals surface area (Å²) in [6, 6.07) is 9.67. The van der Waals surface area contributed by atoms with Gasteiger partial charge >= 0.3 is 0 Å². The molecule has 33 heavy (non-hydrogen) atoms. The summed E-state index contributed by atoms with van der Waals surface area (Å²) in [5.41, 5.74) is 0.974. The first-order chi connectivity index (χ1) is 16.1. The Morgan fingerprint density at radius 1 is 0.939 bits per heavy atom. The van der Waals surface area contributed by atoms with Gasteiger partial charge in [-0.3, -0.25) is 4.79 Å². The van der Waals surface area contributed by atoms with Crippen molar-refractivity contribution >= 4 is 29.2 Å². The van der Waals surface area contributed by atoms with E-state index in [9.17, 15) is 9.90 Å². The van der Waals surface area contributed by atoms with Gasteiger partial charge in [-0.15, -0.1) is 0 Å². The number of nitrogens with zero attached hydrogens (tertiary/aromatic N) is 7. The van der Waals surface area contributed by atoms with Crippen molar-refractivity contribution in [1.82, 2.24) is 19.9 Å². The molecule has 0 aliphatic carbocycles. The van der Waals surface area contributed by atoms with E-state index in [4.69, 9.17) is 0 Å². The number of amides is 1. The molecule has 10 nitrogen and oxygen atoms in total. The van der Waals surface area contributed by atoms with Crippen molar-refractivity contribution in [2.24, 2.45) is 0 Å². The van der Waals surface area contributed by atoms with Crippen LogP contribution in [0.1, 0.15) is 17.3 Å². The number of hydrogen-bond donors (Lipinski definition) is 2. The van der Waals surface area contributed by atoms with E-state index in [0.29, 0.717) is 30.3 Å². The van der Waals surface area contributed by atoms with E-state index in [0.717, 1.165) is 31.3 Å². The highest BCUT2D eigenvalue weighted by atomic mass is 16.3. The van der Waals surface area contributed by atoms with Crippen LogP contribution in [0.3, 0.4) is 0 Å². The smallest absolute Gasteiger partial charge is 0.257 e. The van der Waals surface area contributed by atoms with E-state index in [2.05, 4.69) is 42.0 Å². The zero-order valence-electron chi connectivity index (χ0n) is 18.4. The molecular formula is C23H26N8O2. The van der Waals surface area contributed by atoms with Crippen LogP contribution in [0.2, 0.25) is 0 Å². The van der Waals surface area contributed by atoms with Crippen molar-refractivity contribution in [1.29, 1.82) is 0 Å². The molecule has 2 saturated heterocycles. The van der Waals surface area contributed by atoms with Crippen LogP contribution in [-0.2, 0) is 0 Å². The number of pyridine rings is 2. The van der Waals surface area contributed by atoms with Crippen LogP contribution in [0, 0.1) is 0 Å². The third kappa shape index (κ3) is 4.56. The molecule has 0 radical (unpaired) electrons. The molecule has 1 atom stereocenters. The van der Waals surface area contributed by atoms with E-state index in [1.807, 2.05) is 29.3 Å². The minimum Gasteiger partial charge on any atom is -0.389 e. The van der Waals surface area contributed by atoms with Gasteiger partial charge in [0.05, 0.1) is 29.7 Å². The van der Waals surface area contributed by atoms with Gasteiger partial charge in [-0.2, -0.15) is 0 Å². The Hall–Kier alpha value is -3.79. The number of piperazine rings is 1. The molecule has 0 aromatic carbocycles. The number of β-amino-alcohol motifs (C(OH)–C–C–N with tert-alkyl or cyclic N) is 1. The monoisotopic (exact) mass is 446 g/mol. The highest BCUT2D eigenvalue weighted by Gasteiger charge is 2.27. The van der Waals surface area contributed by atoms with Gasteiger partial charge in [0.1, 0.15) is 11.6 Å². The number of carbonyl (C=O) groups excluding carboxylic acids is 1. The third-order valence-electron chi connectivity index (χ3n) is 5.95. The fourth-order valence-corrected chi connectivity index (χ4v) is 4.09. The zero-order chi connectivity index (χ0) is 22.8. The van der Waals surface area contributed by atoms with Gasteiger partial charge in [0.15, 0.2) is 0 Å². The predicted octanol–water partition coefficient (Wildman–Crippen LogP) is 1.41. The lowest BCUT2D eigenvalue weighted by atomic mass is 10.1. The van der Waals surface area contributed by atoms with Gasteiger partial charge in [-0.05, 0) is 31.2 Å². The van der Waals surface area contributed by atoms with Crippen LogP contribution < -0.4 is 20.0 Å². The zero-order valence-corrected chi connectivity index (χ0v) is 18.4. The SMILES string of the molecule is C[C@H]1CN(c2ccccn2)CCN1c1ncc(NC(=O)c2ccc(N3CC(O)C3)nc2)cn1. The number of rotatable bonds is 5. The number of nitrogens with one attached hydrogen (secondary N) is 1. The molecule has 5 heterocycles. The van der Waals surface area contributed by atoms with Gasteiger partial charge in [-0.1, -0.05) is 6.07 Å². The van der Waals surface area contributed by atoms with Gasteiger partial charge < -0.3 is 25.1 Å². The number of aliphatic hydroxyl groups is 1. The van der Waals surface area contributed by atoms with Gasteiger partial charge in [0.2, 0.25) is 5.95 Å². The van der Waals surface area contributed by atoms with Crippen molar-refractivity contribution in [2.75, 3.05) is 52.7 Å². The van der Waals surface area contributed by atoms with Crippen LogP contribution in [-0.4, -0.2) is 75.8 Å². The molecule has 10 heteroatoms. The molecule has 0 bridgehead atoms. The Labute approximate surface area is 191 Å². The molecule has 2 aliphatic heterocycles. The molecule has 2 N–H and O–H groups in total. The number of hydrogen-bond acceptors (Lipinski definition) is 9. The number of aromatic nitrogens is 4. The third-order valence-corrected chi connectivity index (χ3v) is 5.95. The van der Waals surface area contributed by atoms with E-state index in [1.165, 1.54) is 6.20 Å². The molecule has 2 aliphatic rings. The Morgan fingerprint density at radius 2 is 1.73 bits per heavy atom. The quantitative estimate of drug-likeness (QED) is 0.601. The second kappa shape index (κ2) is 8.99. The Balaban J connectivity index is 1.18. The van der Waals surface area contributed by atoms with Crippen LogP contribution in [0.5, 0.6) is 0 Å². The molecule has 2 fully saturated rings. The van der Waals surface area contributed by atoms with E-state index >= 15 is 0 Å². The summed E-state index contributed by atoms with van der Waals surface area (Å²) < 4.78 is 0. The molecule has 1 amide bonds. The molecule has 0 unspecified atom stereocenters. The fraction of sp³-hybridized carbons (Fsp3) is 0.348. The summed E-state index contributed by atoms with van der Waals surface area (Å²) in [6.45, 7) is 5.74. The fourth-order valence-electron chi connectivity index (χ4n) is 4.09. The lowest BCUT2D eigenvalue weighted by Crippen LogP contribution is -2.53. The summed E-state index contributed by atoms with van der Waals surface area (Å²) in [6.07, 6.45) is 6.30. The lowest BCUT2D eigenvalue weighted by Gasteiger charge is -2.40. The second-order valence-corrected chi connectivity index (χ2v) is 8.37. The average Bonchev–Trinajstić information content (AvgIpc) is 2.83. The van der Waals surface area contributed by atoms with Crippen molar-refractivity contribution in [3.05, 3.63) is 60.7 Å².